The second-order valence-electron chi connectivity index (χ2n) is 16.1. The zero-order chi connectivity index (χ0) is 40.9. The van der Waals surface area contributed by atoms with Crippen molar-refractivity contribution in [2.24, 2.45) is 16.5 Å². The number of benzene rings is 2. The summed E-state index contributed by atoms with van der Waals surface area (Å²) in [6.07, 6.45) is 4.34. The molecule has 2 aromatic carbocycles. The van der Waals surface area contributed by atoms with Gasteiger partial charge in [0.2, 0.25) is 10.0 Å². The first-order valence-corrected chi connectivity index (χ1v) is 20.8. The van der Waals surface area contributed by atoms with E-state index in [-0.39, 0.29) is 28.5 Å². The van der Waals surface area contributed by atoms with Gasteiger partial charge in [-0.2, -0.15) is 9.29 Å². The van der Waals surface area contributed by atoms with Crippen molar-refractivity contribution < 1.29 is 17.9 Å². The van der Waals surface area contributed by atoms with Crippen LogP contribution in [0.15, 0.2) is 75.5 Å². The summed E-state index contributed by atoms with van der Waals surface area (Å²) < 4.78 is 40.4. The number of aromatic nitrogens is 3. The third kappa shape index (κ3) is 13.0. The fourth-order valence-electron chi connectivity index (χ4n) is 6.26. The molecule has 1 fully saturated rings. The second kappa shape index (κ2) is 20.3. The van der Waals surface area contributed by atoms with Gasteiger partial charge in [-0.15, -0.1) is 0 Å². The normalized spacial score (nSPS) is 14.1. The highest BCUT2D eigenvalue weighted by Crippen LogP contribution is 2.27. The molecule has 1 aliphatic heterocycles. The van der Waals surface area contributed by atoms with Gasteiger partial charge in [0.1, 0.15) is 5.65 Å². The molecule has 3 heterocycles. The lowest BCUT2D eigenvalue weighted by Crippen LogP contribution is -2.47. The van der Waals surface area contributed by atoms with Crippen LogP contribution in [0.2, 0.25) is 0 Å². The Kier molecular flexibility index (Phi) is 16.2. The summed E-state index contributed by atoms with van der Waals surface area (Å²) in [4.78, 5) is 24.3. The van der Waals surface area contributed by atoms with Crippen molar-refractivity contribution in [1.82, 2.24) is 29.5 Å². The number of H-pyrrole nitrogens is 1. The molecule has 1 saturated heterocycles. The van der Waals surface area contributed by atoms with Gasteiger partial charge in [0.25, 0.3) is 0 Å². The molecule has 0 spiro atoms. The largest absolute Gasteiger partial charge is 0.382 e. The maximum Gasteiger partial charge on any atom is 0.354 e. The van der Waals surface area contributed by atoms with E-state index in [1.807, 2.05) is 42.6 Å². The number of piperidine rings is 1. The van der Waals surface area contributed by atoms with Gasteiger partial charge in [0, 0.05) is 55.5 Å². The predicted octanol–water partition coefficient (Wildman–Crippen LogP) is 4.15. The Morgan fingerprint density at radius 1 is 0.982 bits per heavy atom. The van der Waals surface area contributed by atoms with E-state index in [1.54, 1.807) is 28.1 Å². The van der Waals surface area contributed by atoms with E-state index < -0.39 is 10.0 Å². The molecular weight excluding hydrogens is 731 g/mol. The number of rotatable bonds is 16. The highest BCUT2D eigenvalue weighted by Gasteiger charge is 2.32. The van der Waals surface area contributed by atoms with Crippen LogP contribution >= 0.6 is 0 Å². The predicted molar refractivity (Wildman–Crippen MR) is 225 cm³/mol. The summed E-state index contributed by atoms with van der Waals surface area (Å²) in [5, 5.41) is 7.57. The Morgan fingerprint density at radius 3 is 2.27 bits per heavy atom. The van der Waals surface area contributed by atoms with Gasteiger partial charge in [-0.05, 0) is 85.8 Å². The van der Waals surface area contributed by atoms with Crippen LogP contribution in [0, 0.1) is 0 Å². The van der Waals surface area contributed by atoms with Crippen molar-refractivity contribution in [3.63, 3.8) is 0 Å². The maximum atomic E-state index is 13.3. The van der Waals surface area contributed by atoms with Gasteiger partial charge >= 0.3 is 5.69 Å². The van der Waals surface area contributed by atoms with E-state index in [1.165, 1.54) is 0 Å². The van der Waals surface area contributed by atoms with Gasteiger partial charge in [-0.25, -0.2) is 13.2 Å². The molecule has 1 aliphatic rings. The minimum Gasteiger partial charge on any atom is -0.382 e. The molecule has 14 nitrogen and oxygen atoms in total. The summed E-state index contributed by atoms with van der Waals surface area (Å²) in [6, 6.07) is 17.2. The van der Waals surface area contributed by atoms with Gasteiger partial charge in [-0.1, -0.05) is 65.8 Å². The van der Waals surface area contributed by atoms with Gasteiger partial charge in [-0.3, -0.25) is 9.56 Å². The molecular formula is C41H63N9O5S. The van der Waals surface area contributed by atoms with Gasteiger partial charge in [0.05, 0.1) is 30.4 Å². The molecule has 0 amide bonds. The molecule has 0 saturated carbocycles. The van der Waals surface area contributed by atoms with Crippen molar-refractivity contribution in [2.45, 2.75) is 89.1 Å². The molecule has 2 aromatic heterocycles. The second-order valence-corrected chi connectivity index (χ2v) is 18.0. The Bertz CT molecular complexity index is 2000. The van der Waals surface area contributed by atoms with Crippen LogP contribution in [0.5, 0.6) is 0 Å². The molecule has 5 rings (SSSR count). The van der Waals surface area contributed by atoms with Crippen molar-refractivity contribution in [3.8, 4) is 5.69 Å². The maximum absolute atomic E-state index is 13.3. The van der Waals surface area contributed by atoms with Crippen molar-refractivity contribution in [3.05, 3.63) is 88.1 Å². The molecule has 0 radical (unpaired) electrons. The molecule has 15 heteroatoms. The van der Waals surface area contributed by atoms with Crippen LogP contribution in [0.1, 0.15) is 77.6 Å². The number of nitrogens with two attached hydrogens (primary N) is 2. The van der Waals surface area contributed by atoms with Crippen LogP contribution < -0.4 is 27.8 Å². The van der Waals surface area contributed by atoms with Crippen LogP contribution in [-0.4, -0.2) is 98.9 Å². The number of nitrogens with one attached hydrogen (secondary N) is 3. The number of aliphatic imine (C=N–C) groups is 1. The van der Waals surface area contributed by atoms with E-state index in [4.69, 9.17) is 20.9 Å². The fraction of sp³-hybridized carbons (Fsp3) is 0.537. The van der Waals surface area contributed by atoms with E-state index >= 15 is 0 Å². The zero-order valence-corrected chi connectivity index (χ0v) is 35.0. The molecule has 0 atom stereocenters. The van der Waals surface area contributed by atoms with Crippen LogP contribution in [0.3, 0.4) is 0 Å². The third-order valence-electron chi connectivity index (χ3n) is 9.60. The first-order chi connectivity index (χ1) is 26.5. The molecule has 0 unspecified atom stereocenters. The number of fused-ring (bicyclic) bond motifs is 1. The van der Waals surface area contributed by atoms with Crippen LogP contribution in [0.4, 0.5) is 0 Å². The molecule has 56 heavy (non-hydrogen) atoms. The molecule has 7 N–H and O–H groups in total. The first-order valence-electron chi connectivity index (χ1n) is 19.4. The number of nitrogens with zero attached hydrogens (tertiary/aromatic N) is 4. The zero-order valence-electron chi connectivity index (χ0n) is 34.2. The summed E-state index contributed by atoms with van der Waals surface area (Å²) in [7, 11) is -1.94. The smallest absolute Gasteiger partial charge is 0.354 e. The number of aromatic amines is 1. The quantitative estimate of drug-likeness (QED) is 0.0625. The standard InChI is InChI=1S/C21H29N7O.C20H34N2O4S/c1-21(2,3)17-11-15-13-28(20(29)27-18(15)26-17)16-7-5-14(6-8-16)12-24-9-4-10-25-19(22)23;1-20(2,3)17-5-7-19(8-6-17)27(23,24)22(13-14-26-16-15-25-4)18-9-11-21-12-10-18/h5-8,11,13,24H,4,9-10,12H2,1-3H3,(H4,22,23,25)(H,26,27,29);5-8,18,21H,9-16H2,1-4H3. The van der Waals surface area contributed by atoms with Crippen molar-refractivity contribution in [1.29, 1.82) is 0 Å². The fourth-order valence-corrected chi connectivity index (χ4v) is 7.93. The molecule has 0 bridgehead atoms. The van der Waals surface area contributed by atoms with E-state index in [9.17, 15) is 13.2 Å². The molecule has 308 valence electrons. The van der Waals surface area contributed by atoms with Crippen molar-refractivity contribution >= 4 is 27.0 Å². The lowest BCUT2D eigenvalue weighted by Gasteiger charge is -2.33. The SMILES string of the molecule is CC(C)(C)c1cc2cn(-c3ccc(CNCCCN=C(N)N)cc3)c(=O)nc2[nH]1.COCCOCCN(C1CCNCC1)S(=O)(=O)c1ccc(C(C)(C)C)cc1. The number of methoxy groups -OCH3 is 1. The Morgan fingerprint density at radius 2 is 1.66 bits per heavy atom. The Labute approximate surface area is 332 Å². The molecule has 0 aliphatic carbocycles. The summed E-state index contributed by atoms with van der Waals surface area (Å²) in [6.45, 7) is 18.3. The number of sulfonamides is 1. The average Bonchev–Trinajstić information content (AvgIpc) is 3.58. The van der Waals surface area contributed by atoms with Crippen LogP contribution in [0.25, 0.3) is 16.7 Å². The van der Waals surface area contributed by atoms with Gasteiger partial charge in [0.15, 0.2) is 5.96 Å². The summed E-state index contributed by atoms with van der Waals surface area (Å²) in [5.74, 6) is 0.123. The topological polar surface area (TPSA) is 195 Å². The monoisotopic (exact) mass is 793 g/mol. The van der Waals surface area contributed by atoms with E-state index in [0.717, 1.165) is 73.3 Å². The average molecular weight is 794 g/mol. The first kappa shape index (κ1) is 44.6. The Hall–Kier alpha value is -4.12. The highest BCUT2D eigenvalue weighted by molar-refractivity contribution is 7.89. The minimum atomic E-state index is -3.56. The summed E-state index contributed by atoms with van der Waals surface area (Å²) in [5.41, 5.74) is 15.0. The van der Waals surface area contributed by atoms with E-state index in [2.05, 4.69) is 73.2 Å². The van der Waals surface area contributed by atoms with E-state index in [0.29, 0.717) is 43.5 Å². The third-order valence-corrected chi connectivity index (χ3v) is 11.6. The number of hydrogen-bond acceptors (Lipinski definition) is 9. The van der Waals surface area contributed by atoms with Crippen molar-refractivity contribution in [2.75, 3.05) is 59.7 Å². The number of ether oxygens (including phenoxy) is 2. The summed E-state index contributed by atoms with van der Waals surface area (Å²) >= 11 is 0. The van der Waals surface area contributed by atoms with Crippen LogP contribution in [-0.2, 0) is 36.9 Å². The lowest BCUT2D eigenvalue weighted by atomic mass is 9.87. The molecule has 4 aromatic rings. The van der Waals surface area contributed by atoms with Gasteiger partial charge < -0.3 is 36.6 Å². The Balaban J connectivity index is 0.000000249. The lowest BCUT2D eigenvalue weighted by molar-refractivity contribution is 0.0613. The minimum absolute atomic E-state index is 0.00423. The number of guanidine groups is 1. The highest BCUT2D eigenvalue weighted by atomic mass is 32.2. The number of hydrogen-bond donors (Lipinski definition) is 5.